The number of aromatic amines is 1. The number of nitrogens with one attached hydrogen (secondary N) is 1. The molecule has 2 aromatic heterocycles. The van der Waals surface area contributed by atoms with E-state index in [1.807, 2.05) is 42.6 Å². The van der Waals surface area contributed by atoms with Crippen molar-refractivity contribution < 1.29 is 9.53 Å². The number of piperazine rings is 1. The van der Waals surface area contributed by atoms with Crippen LogP contribution in [0.3, 0.4) is 0 Å². The van der Waals surface area contributed by atoms with Crippen LogP contribution in [0, 0.1) is 0 Å². The van der Waals surface area contributed by atoms with E-state index in [2.05, 4.69) is 31.9 Å². The van der Waals surface area contributed by atoms with Crippen LogP contribution in [-0.4, -0.2) is 51.9 Å². The molecule has 0 aliphatic carbocycles. The smallest absolute Gasteiger partial charge is 0.410 e. The first-order valence-corrected chi connectivity index (χ1v) is 10.7. The Morgan fingerprint density at radius 2 is 2.10 bits per heavy atom. The molecule has 160 valence electrons. The fourth-order valence-corrected chi connectivity index (χ4v) is 4.34. The number of halogens is 1. The predicted molar refractivity (Wildman–Crippen MR) is 119 cm³/mol. The Morgan fingerprint density at radius 1 is 1.23 bits per heavy atom. The summed E-state index contributed by atoms with van der Waals surface area (Å²) in [6.07, 6.45) is 3.14. The summed E-state index contributed by atoms with van der Waals surface area (Å²) in [6, 6.07) is 11.7. The average Bonchev–Trinajstić information content (AvgIpc) is 3.22. The van der Waals surface area contributed by atoms with E-state index in [0.29, 0.717) is 35.7 Å². The Labute approximate surface area is 185 Å². The van der Waals surface area contributed by atoms with Crippen molar-refractivity contribution in [2.24, 2.45) is 0 Å². The summed E-state index contributed by atoms with van der Waals surface area (Å²) in [7, 11) is 0. The van der Waals surface area contributed by atoms with Crippen LogP contribution in [0.4, 0.5) is 16.4 Å². The summed E-state index contributed by atoms with van der Waals surface area (Å²) in [5, 5.41) is 7.92. The molecule has 0 spiro atoms. The molecule has 8 nitrogen and oxygen atoms in total. The van der Waals surface area contributed by atoms with E-state index in [9.17, 15) is 4.79 Å². The molecule has 2 aliphatic rings. The molecule has 5 rings (SSSR count). The Kier molecular flexibility index (Phi) is 5.25. The minimum absolute atomic E-state index is 0.296. The number of hydrogen-bond acceptors (Lipinski definition) is 6. The number of amides is 1. The van der Waals surface area contributed by atoms with Crippen LogP contribution in [0.2, 0.25) is 5.02 Å². The van der Waals surface area contributed by atoms with E-state index in [0.717, 1.165) is 36.6 Å². The standard InChI is InChI=1S/C22H23ClN6O2/c1-15-12-27(8-9-28(15)20-7-6-18(23)11-24-20)13-17-10-25-26-21(17)29-14-16-4-2-3-5-19(16)31-22(29)30/h2-7,10-11,15H,8-9,12-14H2,1H3,(H,25,26). The number of benzene rings is 1. The zero-order valence-electron chi connectivity index (χ0n) is 17.2. The maximum atomic E-state index is 12.6. The highest BCUT2D eigenvalue weighted by atomic mass is 35.5. The number of carbonyl (C=O) groups is 1. The van der Waals surface area contributed by atoms with E-state index in [-0.39, 0.29) is 0 Å². The number of pyridine rings is 1. The number of para-hydroxylation sites is 1. The van der Waals surface area contributed by atoms with E-state index in [1.165, 1.54) is 0 Å². The molecule has 1 aromatic carbocycles. The number of carbonyl (C=O) groups excluding carboxylic acids is 1. The van der Waals surface area contributed by atoms with Gasteiger partial charge in [-0.2, -0.15) is 5.10 Å². The number of nitrogens with zero attached hydrogens (tertiary/aromatic N) is 5. The zero-order valence-corrected chi connectivity index (χ0v) is 17.9. The highest BCUT2D eigenvalue weighted by molar-refractivity contribution is 6.30. The zero-order chi connectivity index (χ0) is 21.4. The van der Waals surface area contributed by atoms with E-state index >= 15 is 0 Å². The lowest BCUT2D eigenvalue weighted by atomic mass is 10.1. The molecule has 0 radical (unpaired) electrons. The van der Waals surface area contributed by atoms with Gasteiger partial charge >= 0.3 is 6.09 Å². The highest BCUT2D eigenvalue weighted by Gasteiger charge is 2.31. The number of anilines is 2. The fraction of sp³-hybridized carbons (Fsp3) is 0.318. The van der Waals surface area contributed by atoms with Gasteiger partial charge < -0.3 is 9.64 Å². The summed E-state index contributed by atoms with van der Waals surface area (Å²) in [5.74, 6) is 2.17. The van der Waals surface area contributed by atoms with Crippen LogP contribution in [0.1, 0.15) is 18.1 Å². The third-order valence-electron chi connectivity index (χ3n) is 5.78. The van der Waals surface area contributed by atoms with Gasteiger partial charge in [-0.1, -0.05) is 29.8 Å². The molecule has 1 fully saturated rings. The third-order valence-corrected chi connectivity index (χ3v) is 6.01. The van der Waals surface area contributed by atoms with Gasteiger partial charge in [0.1, 0.15) is 11.6 Å². The van der Waals surface area contributed by atoms with Crippen LogP contribution in [0.15, 0.2) is 48.8 Å². The first kappa shape index (κ1) is 19.8. The lowest BCUT2D eigenvalue weighted by Gasteiger charge is -2.40. The van der Waals surface area contributed by atoms with Crippen molar-refractivity contribution in [3.63, 3.8) is 0 Å². The number of fused-ring (bicyclic) bond motifs is 1. The normalized spacial score (nSPS) is 19.3. The lowest BCUT2D eigenvalue weighted by molar-refractivity contribution is 0.202. The van der Waals surface area contributed by atoms with Crippen LogP contribution < -0.4 is 14.5 Å². The molecular formula is C22H23ClN6O2. The molecule has 3 aromatic rings. The van der Waals surface area contributed by atoms with Crippen molar-refractivity contribution in [2.45, 2.75) is 26.1 Å². The van der Waals surface area contributed by atoms with Gasteiger partial charge in [0.2, 0.25) is 0 Å². The van der Waals surface area contributed by atoms with E-state index < -0.39 is 6.09 Å². The summed E-state index contributed by atoms with van der Waals surface area (Å²) in [6.45, 7) is 5.96. The van der Waals surface area contributed by atoms with Gasteiger partial charge in [-0.3, -0.25) is 14.9 Å². The minimum Gasteiger partial charge on any atom is -0.410 e. The predicted octanol–water partition coefficient (Wildman–Crippen LogP) is 3.69. The Hall–Kier alpha value is -3.10. The average molecular weight is 439 g/mol. The molecule has 1 atom stereocenters. The summed E-state index contributed by atoms with van der Waals surface area (Å²) < 4.78 is 5.50. The molecule has 1 saturated heterocycles. The van der Waals surface area contributed by atoms with Crippen LogP contribution >= 0.6 is 11.6 Å². The first-order valence-electron chi connectivity index (χ1n) is 10.3. The fourth-order valence-electron chi connectivity index (χ4n) is 4.23. The maximum absolute atomic E-state index is 12.6. The van der Waals surface area contributed by atoms with Crippen LogP contribution in [-0.2, 0) is 13.1 Å². The SMILES string of the molecule is CC1CN(Cc2c[nH]nc2N2Cc3ccccc3OC2=O)CCN1c1ccc(Cl)cn1. The third kappa shape index (κ3) is 3.96. The van der Waals surface area contributed by atoms with Crippen molar-refractivity contribution >= 4 is 29.3 Å². The van der Waals surface area contributed by atoms with Gasteiger partial charge in [0.15, 0.2) is 5.82 Å². The van der Waals surface area contributed by atoms with Crippen molar-refractivity contribution in [2.75, 3.05) is 29.4 Å². The second kappa shape index (κ2) is 8.20. The monoisotopic (exact) mass is 438 g/mol. The number of hydrogen-bond donors (Lipinski definition) is 1. The number of H-pyrrole nitrogens is 1. The topological polar surface area (TPSA) is 77.6 Å². The molecule has 4 heterocycles. The second-order valence-electron chi connectivity index (χ2n) is 7.91. The molecular weight excluding hydrogens is 416 g/mol. The van der Waals surface area contributed by atoms with Gasteiger partial charge in [0.25, 0.3) is 0 Å². The van der Waals surface area contributed by atoms with Gasteiger partial charge in [-0.05, 0) is 25.1 Å². The maximum Gasteiger partial charge on any atom is 0.421 e. The van der Waals surface area contributed by atoms with Gasteiger partial charge in [-0.15, -0.1) is 0 Å². The molecule has 2 aliphatic heterocycles. The molecule has 31 heavy (non-hydrogen) atoms. The number of aromatic nitrogens is 3. The largest absolute Gasteiger partial charge is 0.421 e. The van der Waals surface area contributed by atoms with Crippen LogP contribution in [0.5, 0.6) is 5.75 Å². The minimum atomic E-state index is -0.404. The Morgan fingerprint density at radius 3 is 2.90 bits per heavy atom. The van der Waals surface area contributed by atoms with Crippen molar-refractivity contribution in [3.05, 3.63) is 64.9 Å². The van der Waals surface area contributed by atoms with Gasteiger partial charge in [0.05, 0.1) is 11.6 Å². The Bertz CT molecular complexity index is 1090. The quantitative estimate of drug-likeness (QED) is 0.669. The van der Waals surface area contributed by atoms with Gasteiger partial charge in [-0.25, -0.2) is 9.78 Å². The first-order chi connectivity index (χ1) is 15.1. The van der Waals surface area contributed by atoms with E-state index in [4.69, 9.17) is 16.3 Å². The second-order valence-corrected chi connectivity index (χ2v) is 8.34. The molecule has 0 saturated carbocycles. The number of rotatable bonds is 4. The number of ether oxygens (including phenoxy) is 1. The molecule has 0 bridgehead atoms. The molecule has 1 unspecified atom stereocenters. The van der Waals surface area contributed by atoms with Crippen LogP contribution in [0.25, 0.3) is 0 Å². The van der Waals surface area contributed by atoms with E-state index in [1.54, 1.807) is 11.1 Å². The molecule has 1 amide bonds. The summed E-state index contributed by atoms with van der Waals surface area (Å²) in [5.41, 5.74) is 1.94. The molecule has 9 heteroatoms. The van der Waals surface area contributed by atoms with Crippen molar-refractivity contribution in [3.8, 4) is 5.75 Å². The van der Waals surface area contributed by atoms with Crippen molar-refractivity contribution in [1.29, 1.82) is 0 Å². The Balaban J connectivity index is 1.28. The van der Waals surface area contributed by atoms with Crippen molar-refractivity contribution in [1.82, 2.24) is 20.1 Å². The summed E-state index contributed by atoms with van der Waals surface area (Å²) >= 11 is 5.97. The van der Waals surface area contributed by atoms with Gasteiger partial charge in [0, 0.05) is 55.7 Å². The lowest BCUT2D eigenvalue weighted by Crippen LogP contribution is -2.52. The molecule has 1 N–H and O–H groups in total. The summed E-state index contributed by atoms with van der Waals surface area (Å²) in [4.78, 5) is 23.3. The highest BCUT2D eigenvalue weighted by Crippen LogP contribution is 2.30.